The van der Waals surface area contributed by atoms with Crippen molar-refractivity contribution < 1.29 is 23.8 Å². The molecule has 0 spiro atoms. The fraction of sp³-hybridized carbons (Fsp3) is 0.500. The predicted molar refractivity (Wildman–Crippen MR) is 106 cm³/mol. The average Bonchev–Trinajstić information content (AvgIpc) is 2.71. The van der Waals surface area contributed by atoms with Gasteiger partial charge < -0.3 is 24.4 Å². The summed E-state index contributed by atoms with van der Waals surface area (Å²) >= 11 is 0. The molecule has 0 aliphatic heterocycles. The summed E-state index contributed by atoms with van der Waals surface area (Å²) in [5.74, 6) is -1.71. The van der Waals surface area contributed by atoms with Crippen LogP contribution in [0.1, 0.15) is 49.8 Å². The Morgan fingerprint density at radius 3 is 2.59 bits per heavy atom. The number of benzene rings is 1. The summed E-state index contributed by atoms with van der Waals surface area (Å²) in [7, 11) is 0. The number of amides is 1. The van der Waals surface area contributed by atoms with E-state index in [1.807, 2.05) is 13.0 Å². The predicted octanol–water partition coefficient (Wildman–Crippen LogP) is 1.64. The summed E-state index contributed by atoms with van der Waals surface area (Å²) in [5.41, 5.74) is 2.60. The smallest absolute Gasteiger partial charge is 0.339 e. The molecule has 1 aliphatic carbocycles. The summed E-state index contributed by atoms with van der Waals surface area (Å²) in [6, 6.07) is 2.54. The van der Waals surface area contributed by atoms with Gasteiger partial charge in [0.2, 0.25) is 0 Å². The van der Waals surface area contributed by atoms with Gasteiger partial charge >= 0.3 is 5.63 Å². The summed E-state index contributed by atoms with van der Waals surface area (Å²) in [4.78, 5) is 35.8. The molecule has 1 N–H and O–H groups in total. The Balaban J connectivity index is 1.79. The van der Waals surface area contributed by atoms with E-state index in [2.05, 4.69) is 5.32 Å². The van der Waals surface area contributed by atoms with Crippen molar-refractivity contribution in [1.82, 2.24) is 5.32 Å². The van der Waals surface area contributed by atoms with Crippen molar-refractivity contribution in [2.24, 2.45) is 5.92 Å². The molecule has 156 valence electrons. The van der Waals surface area contributed by atoms with Crippen molar-refractivity contribution in [3.05, 3.63) is 39.2 Å². The SMILES string of the molecule is CC[C@@H](C)[C@H](NC(=O)COc1ccc2c3c(c(=O)oc2c1C)CCCC3)C(=O)[O-]. The highest BCUT2D eigenvalue weighted by Crippen LogP contribution is 2.32. The quantitative estimate of drug-likeness (QED) is 0.708. The van der Waals surface area contributed by atoms with Gasteiger partial charge in [-0.05, 0) is 56.2 Å². The first kappa shape index (κ1) is 20.9. The van der Waals surface area contributed by atoms with Crippen molar-refractivity contribution in [3.63, 3.8) is 0 Å². The van der Waals surface area contributed by atoms with Crippen LogP contribution in [0.4, 0.5) is 0 Å². The lowest BCUT2D eigenvalue weighted by molar-refractivity contribution is -0.309. The summed E-state index contributed by atoms with van der Waals surface area (Å²) in [5, 5.41) is 14.6. The minimum atomic E-state index is -1.32. The lowest BCUT2D eigenvalue weighted by atomic mass is 9.90. The molecule has 3 rings (SSSR count). The van der Waals surface area contributed by atoms with Crippen LogP contribution in [0.3, 0.4) is 0 Å². The van der Waals surface area contributed by atoms with Crippen LogP contribution in [-0.4, -0.2) is 24.5 Å². The third-order valence-corrected chi connectivity index (χ3v) is 5.73. The number of nitrogens with one attached hydrogen (secondary N) is 1. The molecule has 7 heteroatoms. The maximum atomic E-state index is 12.4. The van der Waals surface area contributed by atoms with E-state index in [9.17, 15) is 19.5 Å². The number of carbonyl (C=O) groups excluding carboxylic acids is 2. The lowest BCUT2D eigenvalue weighted by Crippen LogP contribution is -2.52. The average molecular weight is 400 g/mol. The van der Waals surface area contributed by atoms with Gasteiger partial charge in [-0.3, -0.25) is 4.79 Å². The largest absolute Gasteiger partial charge is 0.548 e. The number of carbonyl (C=O) groups is 2. The highest BCUT2D eigenvalue weighted by Gasteiger charge is 2.22. The van der Waals surface area contributed by atoms with Crippen LogP contribution in [0.25, 0.3) is 11.0 Å². The maximum absolute atomic E-state index is 12.4. The zero-order valence-corrected chi connectivity index (χ0v) is 17.0. The number of fused-ring (bicyclic) bond motifs is 3. The molecular weight excluding hydrogens is 374 g/mol. The molecule has 0 bridgehead atoms. The molecule has 1 aromatic heterocycles. The monoisotopic (exact) mass is 400 g/mol. The molecule has 1 aliphatic rings. The van der Waals surface area contributed by atoms with Crippen LogP contribution >= 0.6 is 0 Å². The zero-order valence-electron chi connectivity index (χ0n) is 17.0. The van der Waals surface area contributed by atoms with Gasteiger partial charge in [0.15, 0.2) is 6.61 Å². The molecule has 0 saturated heterocycles. The maximum Gasteiger partial charge on any atom is 0.339 e. The van der Waals surface area contributed by atoms with E-state index in [1.54, 1.807) is 19.9 Å². The van der Waals surface area contributed by atoms with Crippen LogP contribution in [0.5, 0.6) is 5.75 Å². The number of carboxylic acids is 1. The minimum Gasteiger partial charge on any atom is -0.548 e. The highest BCUT2D eigenvalue weighted by molar-refractivity contribution is 5.87. The zero-order chi connectivity index (χ0) is 21.1. The number of hydrogen-bond acceptors (Lipinski definition) is 6. The van der Waals surface area contributed by atoms with E-state index >= 15 is 0 Å². The molecule has 2 aromatic rings. The second-order valence-corrected chi connectivity index (χ2v) is 7.66. The Kier molecular flexibility index (Phi) is 6.25. The Morgan fingerprint density at radius 2 is 1.93 bits per heavy atom. The van der Waals surface area contributed by atoms with E-state index in [0.29, 0.717) is 23.3 Å². The molecule has 1 aromatic carbocycles. The molecule has 0 radical (unpaired) electrons. The van der Waals surface area contributed by atoms with Crippen LogP contribution in [0.2, 0.25) is 0 Å². The van der Waals surface area contributed by atoms with Gasteiger partial charge in [0, 0.05) is 16.5 Å². The molecule has 1 heterocycles. The molecule has 2 atom stereocenters. The number of aryl methyl sites for hydroxylation is 2. The summed E-state index contributed by atoms with van der Waals surface area (Å²) < 4.78 is 11.2. The van der Waals surface area contributed by atoms with E-state index in [1.165, 1.54) is 0 Å². The third-order valence-electron chi connectivity index (χ3n) is 5.73. The molecular formula is C22H26NO6-. The van der Waals surface area contributed by atoms with E-state index in [4.69, 9.17) is 9.15 Å². The van der Waals surface area contributed by atoms with E-state index in [-0.39, 0.29) is 18.2 Å². The van der Waals surface area contributed by atoms with E-state index in [0.717, 1.165) is 42.2 Å². The first-order valence-corrected chi connectivity index (χ1v) is 10.0. The van der Waals surface area contributed by atoms with Crippen LogP contribution < -0.4 is 20.8 Å². The molecule has 0 fully saturated rings. The van der Waals surface area contributed by atoms with E-state index < -0.39 is 17.9 Å². The molecule has 1 amide bonds. The number of ether oxygens (including phenoxy) is 1. The minimum absolute atomic E-state index is 0.258. The second-order valence-electron chi connectivity index (χ2n) is 7.66. The molecule has 0 saturated carbocycles. The van der Waals surface area contributed by atoms with Crippen LogP contribution in [0, 0.1) is 12.8 Å². The number of hydrogen-bond donors (Lipinski definition) is 1. The second kappa shape index (κ2) is 8.68. The van der Waals surface area contributed by atoms with Crippen molar-refractivity contribution in [3.8, 4) is 5.75 Å². The van der Waals surface area contributed by atoms with Crippen LogP contribution in [0.15, 0.2) is 21.3 Å². The topological polar surface area (TPSA) is 109 Å². The van der Waals surface area contributed by atoms with Gasteiger partial charge in [-0.15, -0.1) is 0 Å². The Bertz CT molecular complexity index is 993. The molecule has 7 nitrogen and oxygen atoms in total. The molecule has 0 unspecified atom stereocenters. The van der Waals surface area contributed by atoms with Gasteiger partial charge in [-0.2, -0.15) is 0 Å². The van der Waals surface area contributed by atoms with Gasteiger partial charge in [0.25, 0.3) is 5.91 Å². The lowest BCUT2D eigenvalue weighted by Gasteiger charge is -2.25. The Morgan fingerprint density at radius 1 is 1.24 bits per heavy atom. The Labute approximate surface area is 169 Å². The number of aliphatic carboxylic acids is 1. The first-order valence-electron chi connectivity index (χ1n) is 10.0. The number of rotatable bonds is 7. The first-order chi connectivity index (χ1) is 13.8. The highest BCUT2D eigenvalue weighted by atomic mass is 16.5. The van der Waals surface area contributed by atoms with Gasteiger partial charge in [0.05, 0.1) is 12.0 Å². The summed E-state index contributed by atoms with van der Waals surface area (Å²) in [6.45, 7) is 5.00. The normalized spacial score (nSPS) is 15.4. The summed E-state index contributed by atoms with van der Waals surface area (Å²) in [6.07, 6.45) is 4.20. The van der Waals surface area contributed by atoms with Crippen molar-refractivity contribution in [1.29, 1.82) is 0 Å². The van der Waals surface area contributed by atoms with Crippen molar-refractivity contribution in [2.75, 3.05) is 6.61 Å². The fourth-order valence-electron chi connectivity index (χ4n) is 3.81. The third kappa shape index (κ3) is 4.28. The Hall–Kier alpha value is -2.83. The molecule has 29 heavy (non-hydrogen) atoms. The van der Waals surface area contributed by atoms with Gasteiger partial charge in [0.1, 0.15) is 11.3 Å². The fourth-order valence-corrected chi connectivity index (χ4v) is 3.81. The van der Waals surface area contributed by atoms with Crippen LogP contribution in [-0.2, 0) is 22.4 Å². The van der Waals surface area contributed by atoms with Gasteiger partial charge in [-0.1, -0.05) is 20.3 Å². The standard InChI is InChI=1S/C22H27NO6/c1-4-12(2)19(21(25)26)23-18(24)11-28-17-10-9-15-14-7-5-6-8-16(14)22(27)29-20(15)13(17)3/h9-10,12,19H,4-8,11H2,1-3H3,(H,23,24)(H,25,26)/p-1/t12-,19+/m1/s1. The van der Waals surface area contributed by atoms with Crippen molar-refractivity contribution in [2.45, 2.75) is 58.9 Å². The van der Waals surface area contributed by atoms with Gasteiger partial charge in [-0.25, -0.2) is 4.79 Å². The van der Waals surface area contributed by atoms with Crippen molar-refractivity contribution >= 4 is 22.8 Å². The number of carboxylic acid groups (broad SMARTS) is 1.